The predicted molar refractivity (Wildman–Crippen MR) is 128 cm³/mol. The summed E-state index contributed by atoms with van der Waals surface area (Å²) in [6.45, 7) is 4.95. The maximum Gasteiger partial charge on any atom is 0.126 e. The van der Waals surface area contributed by atoms with Crippen LogP contribution in [0.25, 0.3) is 16.5 Å². The summed E-state index contributed by atoms with van der Waals surface area (Å²) in [6, 6.07) is 19.1. The Bertz CT molecular complexity index is 1110. The zero-order valence-corrected chi connectivity index (χ0v) is 18.6. The number of allylic oxidation sites excluding steroid dienone is 2. The number of pyridine rings is 1. The van der Waals surface area contributed by atoms with Crippen LogP contribution in [0.2, 0.25) is 0 Å². The minimum atomic E-state index is 0.734. The van der Waals surface area contributed by atoms with E-state index in [9.17, 15) is 0 Å². The minimum Gasteiger partial charge on any atom is -0.366 e. The second-order valence-corrected chi connectivity index (χ2v) is 8.19. The summed E-state index contributed by atoms with van der Waals surface area (Å²) >= 11 is 1.58. The van der Waals surface area contributed by atoms with Crippen molar-refractivity contribution in [2.24, 2.45) is 0 Å². The van der Waals surface area contributed by atoms with Gasteiger partial charge in [0, 0.05) is 32.4 Å². The lowest BCUT2D eigenvalue weighted by Crippen LogP contribution is -2.25. The van der Waals surface area contributed by atoms with E-state index in [0.717, 1.165) is 17.9 Å². The Balaban J connectivity index is 1.53. The number of hydrogen-bond donors (Lipinski definition) is 2. The average Bonchev–Trinajstić information content (AvgIpc) is 3.50. The molecule has 2 N–H and O–H groups in total. The predicted octanol–water partition coefficient (Wildman–Crippen LogP) is 5.43. The number of fused-ring (bicyclic) bond motifs is 1. The summed E-state index contributed by atoms with van der Waals surface area (Å²) < 4.78 is 2.22. The van der Waals surface area contributed by atoms with E-state index in [2.05, 4.69) is 94.0 Å². The van der Waals surface area contributed by atoms with Gasteiger partial charge in [-0.15, -0.1) is 0 Å². The molecule has 0 fully saturated rings. The Morgan fingerprint density at radius 3 is 2.73 bits per heavy atom. The number of anilines is 1. The van der Waals surface area contributed by atoms with Crippen LogP contribution in [-0.2, 0) is 6.54 Å². The highest BCUT2D eigenvalue weighted by molar-refractivity contribution is 7.95. The summed E-state index contributed by atoms with van der Waals surface area (Å²) in [5.41, 5.74) is 6.17. The van der Waals surface area contributed by atoms with Crippen molar-refractivity contribution in [2.75, 3.05) is 19.4 Å². The second kappa shape index (κ2) is 8.92. The molecule has 30 heavy (non-hydrogen) atoms. The van der Waals surface area contributed by atoms with Crippen LogP contribution >= 0.6 is 12.1 Å². The highest BCUT2D eigenvalue weighted by atomic mass is 32.2. The fourth-order valence-electron chi connectivity index (χ4n) is 3.41. The first kappa shape index (κ1) is 20.5. The molecule has 0 radical (unpaired) electrons. The Morgan fingerprint density at radius 2 is 1.93 bits per heavy atom. The summed E-state index contributed by atoms with van der Waals surface area (Å²) in [4.78, 5) is 7.81. The van der Waals surface area contributed by atoms with E-state index in [-0.39, 0.29) is 0 Å². The van der Waals surface area contributed by atoms with Gasteiger partial charge in [-0.05, 0) is 47.9 Å². The van der Waals surface area contributed by atoms with Crippen molar-refractivity contribution in [3.8, 4) is 0 Å². The third-order valence-corrected chi connectivity index (χ3v) is 6.07. The number of nitrogens with zero attached hydrogens (tertiary/aromatic N) is 3. The Morgan fingerprint density at radius 1 is 1.13 bits per heavy atom. The first-order valence-electron chi connectivity index (χ1n) is 10.0. The van der Waals surface area contributed by atoms with Crippen LogP contribution < -0.4 is 10.1 Å². The molecule has 0 aliphatic carbocycles. The summed E-state index contributed by atoms with van der Waals surface area (Å²) in [5.74, 6) is 0.878. The van der Waals surface area contributed by atoms with Gasteiger partial charge < -0.3 is 5.32 Å². The minimum absolute atomic E-state index is 0.734. The lowest BCUT2D eigenvalue weighted by Gasteiger charge is -2.13. The zero-order chi connectivity index (χ0) is 21.1. The molecule has 5 nitrogen and oxygen atoms in total. The van der Waals surface area contributed by atoms with Gasteiger partial charge in [0.2, 0.25) is 0 Å². The van der Waals surface area contributed by atoms with E-state index in [0.29, 0.717) is 0 Å². The highest BCUT2D eigenvalue weighted by Gasteiger charge is 2.36. The highest BCUT2D eigenvalue weighted by Crippen LogP contribution is 2.49. The van der Waals surface area contributed by atoms with Gasteiger partial charge in [0.1, 0.15) is 5.82 Å². The monoisotopic (exact) mass is 417 g/mol. The van der Waals surface area contributed by atoms with Crippen LogP contribution in [0.1, 0.15) is 25.0 Å². The molecule has 6 heteroatoms. The van der Waals surface area contributed by atoms with Crippen molar-refractivity contribution in [2.45, 2.75) is 20.4 Å². The Kier molecular flexibility index (Phi) is 6.08. The fourth-order valence-corrected chi connectivity index (χ4v) is 4.22. The number of aromatic nitrogens is 1. The molecule has 2 aromatic carbocycles. The largest absolute Gasteiger partial charge is 0.366 e. The third-order valence-electron chi connectivity index (χ3n) is 5.07. The summed E-state index contributed by atoms with van der Waals surface area (Å²) in [7, 11) is 3.97. The maximum atomic E-state index is 4.54. The van der Waals surface area contributed by atoms with Gasteiger partial charge in [0.25, 0.3) is 0 Å². The number of nitrogens with one attached hydrogen (secondary N) is 2. The van der Waals surface area contributed by atoms with Gasteiger partial charge in [0.15, 0.2) is 0 Å². The van der Waals surface area contributed by atoms with E-state index >= 15 is 0 Å². The van der Waals surface area contributed by atoms with E-state index in [1.54, 1.807) is 12.1 Å². The first-order chi connectivity index (χ1) is 14.6. The summed E-state index contributed by atoms with van der Waals surface area (Å²) in [5, 5.41) is 7.97. The molecule has 0 unspecified atom stereocenters. The van der Waals surface area contributed by atoms with Crippen LogP contribution in [0.3, 0.4) is 0 Å². The van der Waals surface area contributed by atoms with Gasteiger partial charge in [0.05, 0.1) is 23.5 Å². The molecule has 2 heterocycles. The van der Waals surface area contributed by atoms with Gasteiger partial charge >= 0.3 is 0 Å². The molecule has 1 aliphatic heterocycles. The van der Waals surface area contributed by atoms with Crippen molar-refractivity contribution in [3.63, 3.8) is 0 Å². The number of hydrogen-bond acceptors (Lipinski definition) is 6. The van der Waals surface area contributed by atoms with Gasteiger partial charge in [-0.1, -0.05) is 48.5 Å². The van der Waals surface area contributed by atoms with Crippen LogP contribution in [0, 0.1) is 0 Å². The number of rotatable bonds is 8. The van der Waals surface area contributed by atoms with E-state index < -0.39 is 0 Å². The van der Waals surface area contributed by atoms with Crippen molar-refractivity contribution >= 4 is 34.4 Å². The molecule has 0 amide bonds. The molecule has 0 spiro atoms. The lowest BCUT2D eigenvalue weighted by molar-refractivity contribution is 0.382. The molecule has 3 aromatic rings. The van der Waals surface area contributed by atoms with Gasteiger partial charge in [-0.2, -0.15) is 4.83 Å². The standard InChI is InChI=1S/C24H27N5S/c1-5-17(2)23-24(29(23)30-27-28(3)4)19-13-14-25-22(15-19)26-16-20-11-8-10-18-9-6-7-12-21(18)20/h5-15,27H,16H2,1-4H3,(H,25,26)/b17-5+. The molecular formula is C24H27N5S. The molecule has 0 saturated carbocycles. The quantitative estimate of drug-likeness (QED) is 0.376. The van der Waals surface area contributed by atoms with E-state index in [1.165, 1.54) is 33.3 Å². The smallest absolute Gasteiger partial charge is 0.126 e. The summed E-state index contributed by atoms with van der Waals surface area (Å²) in [6.07, 6.45) is 4.02. The van der Waals surface area contributed by atoms with Gasteiger partial charge in [-0.25, -0.2) is 9.99 Å². The van der Waals surface area contributed by atoms with Crippen LogP contribution in [0.4, 0.5) is 5.82 Å². The maximum absolute atomic E-state index is 4.54. The van der Waals surface area contributed by atoms with Crippen LogP contribution in [-0.4, -0.2) is 28.4 Å². The second-order valence-electron chi connectivity index (χ2n) is 7.46. The van der Waals surface area contributed by atoms with Crippen LogP contribution in [0.15, 0.2) is 78.1 Å². The third kappa shape index (κ3) is 4.36. The van der Waals surface area contributed by atoms with E-state index in [4.69, 9.17) is 0 Å². The molecule has 154 valence electrons. The topological polar surface area (TPSA) is 43.2 Å². The SMILES string of the molecule is C/C=C(\C)C1=C(c2ccnc(NCc3cccc4ccccc34)c2)N1SNN(C)C. The van der Waals surface area contributed by atoms with Gasteiger partial charge in [-0.3, -0.25) is 4.31 Å². The molecule has 0 atom stereocenters. The van der Waals surface area contributed by atoms with Crippen molar-refractivity contribution in [1.82, 2.24) is 19.1 Å². The zero-order valence-electron chi connectivity index (χ0n) is 17.8. The number of hydrazine groups is 1. The van der Waals surface area contributed by atoms with E-state index in [1.807, 2.05) is 25.3 Å². The molecule has 0 bridgehead atoms. The molecule has 0 saturated heterocycles. The fraction of sp³-hybridized carbons (Fsp3) is 0.208. The average molecular weight is 418 g/mol. The van der Waals surface area contributed by atoms with Crippen molar-refractivity contribution in [1.29, 1.82) is 0 Å². The lowest BCUT2D eigenvalue weighted by atomic mass is 10.0. The first-order valence-corrected chi connectivity index (χ1v) is 10.8. The van der Waals surface area contributed by atoms with Crippen molar-refractivity contribution < 1.29 is 0 Å². The molecular weight excluding hydrogens is 390 g/mol. The molecule has 4 rings (SSSR count). The normalized spacial score (nSPS) is 14.0. The van der Waals surface area contributed by atoms with Crippen LogP contribution in [0.5, 0.6) is 0 Å². The Hall–Kier alpha value is -2.80. The Labute approximate surface area is 182 Å². The number of benzene rings is 2. The molecule has 1 aromatic heterocycles. The molecule has 1 aliphatic rings. The van der Waals surface area contributed by atoms with Crippen molar-refractivity contribution in [3.05, 3.63) is 89.3 Å².